The highest BCUT2D eigenvalue weighted by molar-refractivity contribution is 6.01. The Hall–Kier alpha value is -8.00. The van der Waals surface area contributed by atoms with Crippen molar-refractivity contribution in [3.8, 4) is 46.0 Å². The number of aromatic carboxylic acids is 2. The van der Waals surface area contributed by atoms with Crippen LogP contribution in [0.25, 0.3) is 0 Å². The molecular formula is C42H24O14. The molecule has 2 spiro atoms. The smallest absolute Gasteiger partial charge is 0.340 e. The minimum atomic E-state index is -1.38. The molecular weight excluding hydrogens is 728 g/mol. The predicted octanol–water partition coefficient (Wildman–Crippen LogP) is 6.73. The topological polar surface area (TPSA) is 227 Å². The van der Waals surface area contributed by atoms with Gasteiger partial charge in [0, 0.05) is 57.6 Å². The maximum Gasteiger partial charge on any atom is 0.340 e. The van der Waals surface area contributed by atoms with Gasteiger partial charge in [0.15, 0.2) is 11.2 Å². The molecule has 276 valence electrons. The van der Waals surface area contributed by atoms with E-state index < -0.39 is 35.1 Å². The van der Waals surface area contributed by atoms with Crippen LogP contribution in [0.4, 0.5) is 0 Å². The highest BCUT2D eigenvalue weighted by Gasteiger charge is 2.55. The first-order valence-electron chi connectivity index (χ1n) is 16.7. The molecule has 0 aliphatic carbocycles. The van der Waals surface area contributed by atoms with Crippen LogP contribution in [-0.4, -0.2) is 54.5 Å². The van der Waals surface area contributed by atoms with Crippen molar-refractivity contribution < 1.29 is 68.8 Å². The molecule has 56 heavy (non-hydrogen) atoms. The molecule has 10 rings (SSSR count). The van der Waals surface area contributed by atoms with Gasteiger partial charge >= 0.3 is 23.9 Å². The summed E-state index contributed by atoms with van der Waals surface area (Å²) in [7, 11) is 0. The van der Waals surface area contributed by atoms with E-state index in [1.165, 1.54) is 72.8 Å². The van der Waals surface area contributed by atoms with E-state index in [1.54, 1.807) is 36.4 Å². The van der Waals surface area contributed by atoms with E-state index >= 15 is 0 Å². The van der Waals surface area contributed by atoms with Gasteiger partial charge in [0.1, 0.15) is 46.0 Å². The Kier molecular flexibility index (Phi) is 7.09. The number of esters is 2. The van der Waals surface area contributed by atoms with Crippen molar-refractivity contribution in [1.29, 1.82) is 0 Å². The maximum absolute atomic E-state index is 12.7. The van der Waals surface area contributed by atoms with Crippen LogP contribution in [0.1, 0.15) is 74.8 Å². The molecule has 14 nitrogen and oxygen atoms in total. The Balaban J connectivity index is 0.000000146. The summed E-state index contributed by atoms with van der Waals surface area (Å²) in [6, 6.07) is 26.2. The number of fused-ring (bicyclic) bond motifs is 12. The second-order valence-corrected chi connectivity index (χ2v) is 13.2. The molecule has 0 atom stereocenters. The lowest BCUT2D eigenvalue weighted by Crippen LogP contribution is -2.32. The zero-order valence-electron chi connectivity index (χ0n) is 28.3. The molecule has 0 radical (unpaired) electrons. The molecule has 0 aromatic heterocycles. The first-order chi connectivity index (χ1) is 26.8. The number of carboxylic acid groups (broad SMARTS) is 2. The average Bonchev–Trinajstić information content (AvgIpc) is 3.61. The highest BCUT2D eigenvalue weighted by Crippen LogP contribution is 2.58. The molecule has 0 amide bonds. The number of carboxylic acids is 2. The van der Waals surface area contributed by atoms with Crippen molar-refractivity contribution in [3.63, 3.8) is 0 Å². The van der Waals surface area contributed by atoms with Crippen LogP contribution in [0, 0.1) is 0 Å². The normalized spacial score (nSPS) is 15.2. The Labute approximate surface area is 314 Å². The van der Waals surface area contributed by atoms with Crippen molar-refractivity contribution in [3.05, 3.63) is 165 Å². The summed E-state index contributed by atoms with van der Waals surface area (Å²) in [6.45, 7) is 0. The molecule has 4 heterocycles. The Morgan fingerprint density at radius 3 is 0.982 bits per heavy atom. The Bertz CT molecular complexity index is 2480. The van der Waals surface area contributed by atoms with Crippen LogP contribution in [0.5, 0.6) is 46.0 Å². The third-order valence-electron chi connectivity index (χ3n) is 10.0. The van der Waals surface area contributed by atoms with E-state index in [0.717, 1.165) is 0 Å². The van der Waals surface area contributed by atoms with Crippen LogP contribution < -0.4 is 9.47 Å². The first kappa shape index (κ1) is 33.8. The summed E-state index contributed by atoms with van der Waals surface area (Å²) in [4.78, 5) is 48.1. The third-order valence-corrected chi connectivity index (χ3v) is 10.0. The minimum Gasteiger partial charge on any atom is -0.508 e. The summed E-state index contributed by atoms with van der Waals surface area (Å²) in [5.74, 6) is -2.74. The quantitative estimate of drug-likeness (QED) is 0.101. The monoisotopic (exact) mass is 752 g/mol. The van der Waals surface area contributed by atoms with Gasteiger partial charge in [-0.25, -0.2) is 19.2 Å². The van der Waals surface area contributed by atoms with Crippen molar-refractivity contribution in [2.24, 2.45) is 0 Å². The fourth-order valence-electron chi connectivity index (χ4n) is 7.68. The second kappa shape index (κ2) is 11.8. The molecule has 4 aliphatic rings. The van der Waals surface area contributed by atoms with E-state index in [0.29, 0.717) is 33.4 Å². The van der Waals surface area contributed by atoms with Crippen molar-refractivity contribution in [2.45, 2.75) is 11.2 Å². The number of hydrogen-bond donors (Lipinski definition) is 6. The standard InChI is InChI=1S/2C21H12O7/c2*22-11-2-5-15-17(8-11)27-18-9-12(23)3-6-16(18)21(15)14-4-1-10(19(24)25)7-13(14)20(26)28-21/h2*1-9,22-23H,(H,24,25). The molecule has 6 aromatic carbocycles. The van der Waals surface area contributed by atoms with Gasteiger partial charge in [-0.3, -0.25) is 0 Å². The fourth-order valence-corrected chi connectivity index (χ4v) is 7.68. The maximum atomic E-state index is 12.7. The lowest BCUT2D eigenvalue weighted by atomic mass is 9.77. The largest absolute Gasteiger partial charge is 0.508 e. The lowest BCUT2D eigenvalue weighted by Gasteiger charge is -2.36. The van der Waals surface area contributed by atoms with Gasteiger partial charge in [-0.05, 0) is 72.8 Å². The van der Waals surface area contributed by atoms with Crippen molar-refractivity contribution >= 4 is 23.9 Å². The van der Waals surface area contributed by atoms with E-state index in [1.807, 2.05) is 0 Å². The van der Waals surface area contributed by atoms with Gasteiger partial charge in [-0.2, -0.15) is 0 Å². The predicted molar refractivity (Wildman–Crippen MR) is 190 cm³/mol. The molecule has 6 aromatic rings. The number of hydrogen-bond acceptors (Lipinski definition) is 12. The van der Waals surface area contributed by atoms with Crippen LogP contribution in [0.15, 0.2) is 109 Å². The molecule has 0 saturated carbocycles. The van der Waals surface area contributed by atoms with Gasteiger partial charge < -0.3 is 49.6 Å². The van der Waals surface area contributed by atoms with Crippen molar-refractivity contribution in [1.82, 2.24) is 0 Å². The zero-order valence-corrected chi connectivity index (χ0v) is 28.3. The highest BCUT2D eigenvalue weighted by atomic mass is 16.6. The number of carbonyl (C=O) groups excluding carboxylic acids is 2. The molecule has 14 heteroatoms. The fraction of sp³-hybridized carbons (Fsp3) is 0.0476. The van der Waals surface area contributed by atoms with Crippen molar-refractivity contribution in [2.75, 3.05) is 0 Å². The number of aromatic hydroxyl groups is 4. The van der Waals surface area contributed by atoms with E-state index in [2.05, 4.69) is 0 Å². The molecule has 0 saturated heterocycles. The van der Waals surface area contributed by atoms with Crippen LogP contribution in [-0.2, 0) is 20.7 Å². The SMILES string of the molecule is O=C(O)c1ccc2c(c1)C(=O)OC21c2ccc(O)cc2Oc2cc(O)ccc21.O=C(O)c1ccc2c(c1)C(=O)OC21c2ccc(O)cc2Oc2cc(O)ccc21. The molecule has 0 fully saturated rings. The zero-order chi connectivity index (χ0) is 39.3. The van der Waals surface area contributed by atoms with Gasteiger partial charge in [0.2, 0.25) is 0 Å². The number of rotatable bonds is 2. The Morgan fingerprint density at radius 1 is 0.411 bits per heavy atom. The van der Waals surface area contributed by atoms with Crippen LogP contribution in [0.2, 0.25) is 0 Å². The second-order valence-electron chi connectivity index (χ2n) is 13.2. The van der Waals surface area contributed by atoms with Crippen LogP contribution in [0.3, 0.4) is 0 Å². The number of carbonyl (C=O) groups is 4. The summed E-state index contributed by atoms with van der Waals surface area (Å²) in [6.07, 6.45) is 0. The summed E-state index contributed by atoms with van der Waals surface area (Å²) in [5.41, 5.74) is 0.318. The van der Waals surface area contributed by atoms with Gasteiger partial charge in [0.05, 0.1) is 22.3 Å². The molecule has 6 N–H and O–H groups in total. The average molecular weight is 753 g/mol. The van der Waals surface area contributed by atoms with E-state index in [4.69, 9.17) is 18.9 Å². The van der Waals surface area contributed by atoms with Gasteiger partial charge in [-0.1, -0.05) is 12.1 Å². The number of ether oxygens (including phenoxy) is 4. The number of benzene rings is 6. The van der Waals surface area contributed by atoms with E-state index in [-0.39, 0.29) is 68.2 Å². The minimum absolute atomic E-state index is 0.0309. The lowest BCUT2D eigenvalue weighted by molar-refractivity contribution is 0.0214. The molecule has 0 unspecified atom stereocenters. The van der Waals surface area contributed by atoms with Gasteiger partial charge in [0.25, 0.3) is 0 Å². The molecule has 4 aliphatic heterocycles. The Morgan fingerprint density at radius 2 is 0.696 bits per heavy atom. The summed E-state index contributed by atoms with van der Waals surface area (Å²) >= 11 is 0. The van der Waals surface area contributed by atoms with Crippen LogP contribution >= 0.6 is 0 Å². The number of phenolic OH excluding ortho intramolecular Hbond substituents is 4. The number of phenols is 4. The van der Waals surface area contributed by atoms with Gasteiger partial charge in [-0.15, -0.1) is 0 Å². The summed E-state index contributed by atoms with van der Waals surface area (Å²) < 4.78 is 23.4. The third kappa shape index (κ3) is 4.75. The van der Waals surface area contributed by atoms with E-state index in [9.17, 15) is 49.8 Å². The first-order valence-corrected chi connectivity index (χ1v) is 16.7. The summed E-state index contributed by atoms with van der Waals surface area (Å²) in [5, 5.41) is 58.0. The molecule has 0 bridgehead atoms.